The summed E-state index contributed by atoms with van der Waals surface area (Å²) in [5.74, 6) is 0. The normalized spacial score (nSPS) is 17.9. The summed E-state index contributed by atoms with van der Waals surface area (Å²) in [6, 6.07) is 10.9. The van der Waals surface area contributed by atoms with Gasteiger partial charge in [0.15, 0.2) is 0 Å². The first kappa shape index (κ1) is 10.2. The van der Waals surface area contributed by atoms with Gasteiger partial charge in [0.25, 0.3) is 0 Å². The largest absolute Gasteiger partial charge is 0.378 e. The molecule has 0 aromatic heterocycles. The lowest BCUT2D eigenvalue weighted by atomic mass is 9.81. The van der Waals surface area contributed by atoms with Crippen molar-refractivity contribution in [3.05, 3.63) is 35.4 Å². The topological polar surface area (TPSA) is 33.0 Å². The zero-order valence-corrected chi connectivity index (χ0v) is 8.99. The maximum absolute atomic E-state index is 9.07. The molecule has 0 amide bonds. The van der Waals surface area contributed by atoms with Gasteiger partial charge in [-0.25, -0.2) is 0 Å². The van der Waals surface area contributed by atoms with Crippen molar-refractivity contribution in [1.29, 1.82) is 5.26 Å². The van der Waals surface area contributed by atoms with Crippen LogP contribution >= 0.6 is 0 Å². The van der Waals surface area contributed by atoms with E-state index in [4.69, 9.17) is 10.00 Å². The van der Waals surface area contributed by atoms with Gasteiger partial charge in [-0.1, -0.05) is 31.2 Å². The van der Waals surface area contributed by atoms with Crippen LogP contribution in [0.4, 0.5) is 0 Å². The Labute approximate surface area is 90.5 Å². The van der Waals surface area contributed by atoms with E-state index in [-0.39, 0.29) is 5.41 Å². The minimum Gasteiger partial charge on any atom is -0.378 e. The number of hydrogen-bond donors (Lipinski definition) is 0. The summed E-state index contributed by atoms with van der Waals surface area (Å²) in [7, 11) is 0. The molecule has 0 unspecified atom stereocenters. The third kappa shape index (κ3) is 2.03. The van der Waals surface area contributed by atoms with E-state index in [1.807, 2.05) is 0 Å². The Hall–Kier alpha value is -1.33. The number of rotatable bonds is 3. The molecular formula is C13H15NO. The molecule has 1 heterocycles. The Balaban J connectivity index is 2.08. The van der Waals surface area contributed by atoms with Gasteiger partial charge in [-0.3, -0.25) is 0 Å². The molecule has 1 aliphatic rings. The predicted octanol–water partition coefficient (Wildman–Crippen LogP) is 2.33. The third-order valence-corrected chi connectivity index (χ3v) is 2.97. The van der Waals surface area contributed by atoms with Gasteiger partial charge in [-0.2, -0.15) is 5.26 Å². The van der Waals surface area contributed by atoms with Crippen LogP contribution in [0.1, 0.15) is 18.1 Å². The lowest BCUT2D eigenvalue weighted by Crippen LogP contribution is -2.43. The van der Waals surface area contributed by atoms with Gasteiger partial charge in [-0.05, 0) is 24.0 Å². The Morgan fingerprint density at radius 3 is 2.27 bits per heavy atom. The highest BCUT2D eigenvalue weighted by Crippen LogP contribution is 2.30. The van der Waals surface area contributed by atoms with E-state index in [1.54, 1.807) is 0 Å². The Morgan fingerprint density at radius 2 is 1.87 bits per heavy atom. The summed E-state index contributed by atoms with van der Waals surface area (Å²) in [5.41, 5.74) is 2.32. The zero-order valence-electron chi connectivity index (χ0n) is 8.99. The smallest absolute Gasteiger partial charge is 0.108 e. The minimum absolute atomic E-state index is 0.256. The molecule has 0 radical (unpaired) electrons. The second-order valence-corrected chi connectivity index (χ2v) is 4.23. The number of benzene rings is 1. The van der Waals surface area contributed by atoms with Crippen molar-refractivity contribution in [2.24, 2.45) is 5.41 Å². The summed E-state index contributed by atoms with van der Waals surface area (Å²) in [5, 5.41) is 9.07. The molecule has 1 aromatic carbocycles. The summed E-state index contributed by atoms with van der Waals surface area (Å²) >= 11 is 0. The van der Waals surface area contributed by atoms with Gasteiger partial charge >= 0.3 is 0 Å². The van der Waals surface area contributed by atoms with Crippen LogP contribution < -0.4 is 0 Å². The predicted molar refractivity (Wildman–Crippen MR) is 58.4 cm³/mol. The van der Waals surface area contributed by atoms with Crippen molar-refractivity contribution in [3.8, 4) is 6.07 Å². The van der Waals surface area contributed by atoms with Crippen LogP contribution in [0.25, 0.3) is 0 Å². The van der Waals surface area contributed by atoms with E-state index in [9.17, 15) is 0 Å². The van der Waals surface area contributed by atoms with Crippen LogP contribution in [0.3, 0.4) is 0 Å². The molecule has 2 nitrogen and oxygen atoms in total. The quantitative estimate of drug-likeness (QED) is 0.752. The van der Waals surface area contributed by atoms with Crippen LogP contribution in [-0.2, 0) is 17.6 Å². The SMILES string of the molecule is CCc1ccc(CC2(C#N)COC2)cc1. The molecule has 1 aromatic rings. The highest BCUT2D eigenvalue weighted by molar-refractivity contribution is 5.25. The van der Waals surface area contributed by atoms with Crippen LogP contribution in [-0.4, -0.2) is 13.2 Å². The maximum Gasteiger partial charge on any atom is 0.108 e. The Bertz CT molecular complexity index is 371. The molecule has 78 valence electrons. The number of nitrogens with zero attached hydrogens (tertiary/aromatic N) is 1. The van der Waals surface area contributed by atoms with E-state index >= 15 is 0 Å². The molecule has 1 aliphatic heterocycles. The summed E-state index contributed by atoms with van der Waals surface area (Å²) in [6.07, 6.45) is 1.88. The monoisotopic (exact) mass is 201 g/mol. The number of ether oxygens (including phenoxy) is 1. The molecule has 15 heavy (non-hydrogen) atoms. The first-order valence-electron chi connectivity index (χ1n) is 5.35. The Kier molecular flexibility index (Phi) is 2.75. The number of aryl methyl sites for hydroxylation is 1. The fraction of sp³-hybridized carbons (Fsp3) is 0.462. The second kappa shape index (κ2) is 4.04. The molecule has 0 aliphatic carbocycles. The fourth-order valence-electron chi connectivity index (χ4n) is 1.84. The fourth-order valence-corrected chi connectivity index (χ4v) is 1.84. The van der Waals surface area contributed by atoms with Crippen molar-refractivity contribution in [2.45, 2.75) is 19.8 Å². The highest BCUT2D eigenvalue weighted by Gasteiger charge is 2.38. The van der Waals surface area contributed by atoms with E-state index < -0.39 is 0 Å². The average Bonchev–Trinajstić information content (AvgIpc) is 2.24. The van der Waals surface area contributed by atoms with Crippen molar-refractivity contribution < 1.29 is 4.74 Å². The molecule has 0 atom stereocenters. The third-order valence-electron chi connectivity index (χ3n) is 2.97. The van der Waals surface area contributed by atoms with Gasteiger partial charge in [0.1, 0.15) is 5.41 Å². The van der Waals surface area contributed by atoms with Gasteiger partial charge < -0.3 is 4.74 Å². The number of nitriles is 1. The van der Waals surface area contributed by atoms with Crippen LogP contribution in [0.5, 0.6) is 0 Å². The van der Waals surface area contributed by atoms with Gasteiger partial charge in [-0.15, -0.1) is 0 Å². The molecule has 1 saturated heterocycles. The van der Waals surface area contributed by atoms with Crippen LogP contribution in [0.15, 0.2) is 24.3 Å². The summed E-state index contributed by atoms with van der Waals surface area (Å²) < 4.78 is 5.12. The van der Waals surface area contributed by atoms with Crippen molar-refractivity contribution >= 4 is 0 Å². The maximum atomic E-state index is 9.07. The van der Waals surface area contributed by atoms with Gasteiger partial charge in [0.05, 0.1) is 19.3 Å². The first-order valence-corrected chi connectivity index (χ1v) is 5.35. The first-order chi connectivity index (χ1) is 7.28. The van der Waals surface area contributed by atoms with Crippen molar-refractivity contribution in [3.63, 3.8) is 0 Å². The van der Waals surface area contributed by atoms with Gasteiger partial charge in [0, 0.05) is 0 Å². The molecule has 0 bridgehead atoms. The van der Waals surface area contributed by atoms with Crippen molar-refractivity contribution in [2.75, 3.05) is 13.2 Å². The lowest BCUT2D eigenvalue weighted by Gasteiger charge is -2.35. The molecule has 1 fully saturated rings. The molecule has 0 spiro atoms. The zero-order chi connectivity index (χ0) is 10.7. The highest BCUT2D eigenvalue weighted by atomic mass is 16.5. The van der Waals surface area contributed by atoms with E-state index in [0.29, 0.717) is 13.2 Å². The molecule has 2 rings (SSSR count). The van der Waals surface area contributed by atoms with Crippen LogP contribution in [0, 0.1) is 16.7 Å². The molecule has 0 saturated carbocycles. The lowest BCUT2D eigenvalue weighted by molar-refractivity contribution is -0.0765. The van der Waals surface area contributed by atoms with E-state index in [1.165, 1.54) is 11.1 Å². The molecular weight excluding hydrogens is 186 g/mol. The second-order valence-electron chi connectivity index (χ2n) is 4.23. The number of hydrogen-bond acceptors (Lipinski definition) is 2. The Morgan fingerprint density at radius 1 is 1.27 bits per heavy atom. The van der Waals surface area contributed by atoms with E-state index in [2.05, 4.69) is 37.3 Å². The van der Waals surface area contributed by atoms with Gasteiger partial charge in [0.2, 0.25) is 0 Å². The molecule has 2 heteroatoms. The standard InChI is InChI=1S/C13H15NO/c1-2-11-3-5-12(6-4-11)7-13(8-14)9-15-10-13/h3-6H,2,7,9-10H2,1H3. The summed E-state index contributed by atoms with van der Waals surface area (Å²) in [4.78, 5) is 0. The average molecular weight is 201 g/mol. The van der Waals surface area contributed by atoms with Crippen molar-refractivity contribution in [1.82, 2.24) is 0 Å². The van der Waals surface area contributed by atoms with Crippen LogP contribution in [0.2, 0.25) is 0 Å². The van der Waals surface area contributed by atoms with E-state index in [0.717, 1.165) is 12.8 Å². The molecule has 0 N–H and O–H groups in total. The minimum atomic E-state index is -0.256. The summed E-state index contributed by atoms with van der Waals surface area (Å²) in [6.45, 7) is 3.31.